The third kappa shape index (κ3) is 4.03. The van der Waals surface area contributed by atoms with Crippen LogP contribution in [0.3, 0.4) is 0 Å². The lowest BCUT2D eigenvalue weighted by Gasteiger charge is -2.15. The molecule has 1 rings (SSSR count). The Kier molecular flexibility index (Phi) is 5.90. The van der Waals surface area contributed by atoms with E-state index in [-0.39, 0.29) is 35.1 Å². The second-order valence-electron chi connectivity index (χ2n) is 4.39. The Morgan fingerprint density at radius 2 is 1.95 bits per heavy atom. The van der Waals surface area contributed by atoms with E-state index in [2.05, 4.69) is 4.72 Å². The predicted molar refractivity (Wildman–Crippen MR) is 73.0 cm³/mol. The SMILES string of the molecule is COCC(CNS(=O)(=O)c1c(C)oc(C)c1C(=O)O)OC. The zero-order valence-electron chi connectivity index (χ0n) is 12.3. The number of nitrogens with one attached hydrogen (secondary N) is 1. The van der Waals surface area contributed by atoms with Crippen LogP contribution in [0.4, 0.5) is 0 Å². The van der Waals surface area contributed by atoms with Crippen molar-refractivity contribution in [3.63, 3.8) is 0 Å². The zero-order valence-corrected chi connectivity index (χ0v) is 13.1. The maximum Gasteiger partial charge on any atom is 0.340 e. The minimum absolute atomic E-state index is 0.0260. The highest BCUT2D eigenvalue weighted by Gasteiger charge is 2.31. The third-order valence-electron chi connectivity index (χ3n) is 2.87. The Morgan fingerprint density at radius 1 is 1.33 bits per heavy atom. The van der Waals surface area contributed by atoms with Crippen LogP contribution in [0, 0.1) is 13.8 Å². The third-order valence-corrected chi connectivity index (χ3v) is 4.45. The van der Waals surface area contributed by atoms with Crippen LogP contribution in [0.2, 0.25) is 0 Å². The fraction of sp³-hybridized carbons (Fsp3) is 0.583. The summed E-state index contributed by atoms with van der Waals surface area (Å²) in [6, 6.07) is 0. The Labute approximate surface area is 123 Å². The molecule has 0 aliphatic rings. The number of ether oxygens (including phenoxy) is 2. The van der Waals surface area contributed by atoms with E-state index in [1.807, 2.05) is 0 Å². The fourth-order valence-corrected chi connectivity index (χ4v) is 3.37. The van der Waals surface area contributed by atoms with Crippen molar-refractivity contribution >= 4 is 16.0 Å². The van der Waals surface area contributed by atoms with Crippen molar-refractivity contribution < 1.29 is 32.2 Å². The molecule has 1 heterocycles. The number of hydrogen-bond acceptors (Lipinski definition) is 6. The molecule has 0 saturated heterocycles. The van der Waals surface area contributed by atoms with Crippen LogP contribution in [0.25, 0.3) is 0 Å². The van der Waals surface area contributed by atoms with Crippen LogP contribution in [0.5, 0.6) is 0 Å². The van der Waals surface area contributed by atoms with Gasteiger partial charge in [-0.2, -0.15) is 0 Å². The summed E-state index contributed by atoms with van der Waals surface area (Å²) in [5.41, 5.74) is -0.360. The Morgan fingerprint density at radius 3 is 2.43 bits per heavy atom. The second kappa shape index (κ2) is 7.03. The summed E-state index contributed by atoms with van der Waals surface area (Å²) in [6.45, 7) is 2.96. The number of carboxylic acids is 1. The number of methoxy groups -OCH3 is 2. The molecule has 8 nitrogen and oxygen atoms in total. The monoisotopic (exact) mass is 321 g/mol. The molecule has 1 aromatic rings. The van der Waals surface area contributed by atoms with Crippen LogP contribution in [-0.2, 0) is 19.5 Å². The molecule has 0 aliphatic carbocycles. The number of carboxylic acid groups (broad SMARTS) is 1. The molecule has 120 valence electrons. The molecule has 21 heavy (non-hydrogen) atoms. The summed E-state index contributed by atoms with van der Waals surface area (Å²) < 4.78 is 41.9. The number of furan rings is 1. The van der Waals surface area contributed by atoms with Gasteiger partial charge in [0.25, 0.3) is 0 Å². The Hall–Kier alpha value is -1.42. The highest BCUT2D eigenvalue weighted by atomic mass is 32.2. The molecule has 0 spiro atoms. The smallest absolute Gasteiger partial charge is 0.340 e. The summed E-state index contributed by atoms with van der Waals surface area (Å²) >= 11 is 0. The lowest BCUT2D eigenvalue weighted by molar-refractivity contribution is 0.0320. The topological polar surface area (TPSA) is 115 Å². The van der Waals surface area contributed by atoms with Gasteiger partial charge in [0.2, 0.25) is 10.0 Å². The first-order chi connectivity index (χ1) is 9.74. The van der Waals surface area contributed by atoms with Gasteiger partial charge in [-0.25, -0.2) is 17.9 Å². The van der Waals surface area contributed by atoms with Gasteiger partial charge in [-0.15, -0.1) is 0 Å². The van der Waals surface area contributed by atoms with Gasteiger partial charge in [-0.05, 0) is 13.8 Å². The first-order valence-electron chi connectivity index (χ1n) is 6.09. The molecule has 0 amide bonds. The quantitative estimate of drug-likeness (QED) is 0.717. The summed E-state index contributed by atoms with van der Waals surface area (Å²) in [7, 11) is -1.14. The molecule has 0 radical (unpaired) electrons. The van der Waals surface area contributed by atoms with E-state index < -0.39 is 22.1 Å². The lowest BCUT2D eigenvalue weighted by atomic mass is 10.2. The average Bonchev–Trinajstić information content (AvgIpc) is 2.70. The van der Waals surface area contributed by atoms with Crippen LogP contribution >= 0.6 is 0 Å². The Balaban J connectivity index is 3.06. The molecule has 9 heteroatoms. The zero-order chi connectivity index (χ0) is 16.2. The predicted octanol–water partition coefficient (Wildman–Crippen LogP) is 0.534. The van der Waals surface area contributed by atoms with Crippen LogP contribution < -0.4 is 4.72 Å². The molecule has 0 aromatic carbocycles. The summed E-state index contributed by atoms with van der Waals surface area (Å²) in [5, 5.41) is 9.13. The van der Waals surface area contributed by atoms with E-state index in [4.69, 9.17) is 19.0 Å². The van der Waals surface area contributed by atoms with Gasteiger partial charge >= 0.3 is 5.97 Å². The van der Waals surface area contributed by atoms with Gasteiger partial charge in [-0.1, -0.05) is 0 Å². The van der Waals surface area contributed by atoms with Crippen molar-refractivity contribution in [3.05, 3.63) is 17.1 Å². The van der Waals surface area contributed by atoms with Crippen molar-refractivity contribution in [2.75, 3.05) is 27.4 Å². The van der Waals surface area contributed by atoms with E-state index in [1.165, 1.54) is 28.1 Å². The molecule has 1 atom stereocenters. The van der Waals surface area contributed by atoms with Gasteiger partial charge < -0.3 is 19.0 Å². The first kappa shape index (κ1) is 17.6. The van der Waals surface area contributed by atoms with Crippen molar-refractivity contribution in [3.8, 4) is 0 Å². The molecular weight excluding hydrogens is 302 g/mol. The summed E-state index contributed by atoms with van der Waals surface area (Å²) in [5.74, 6) is -1.29. The van der Waals surface area contributed by atoms with E-state index in [9.17, 15) is 13.2 Å². The van der Waals surface area contributed by atoms with Crippen LogP contribution in [-0.4, -0.2) is 53.0 Å². The van der Waals surface area contributed by atoms with E-state index in [1.54, 1.807) is 0 Å². The lowest BCUT2D eigenvalue weighted by Crippen LogP contribution is -2.36. The van der Waals surface area contributed by atoms with Crippen molar-refractivity contribution in [2.45, 2.75) is 24.8 Å². The van der Waals surface area contributed by atoms with Crippen molar-refractivity contribution in [1.82, 2.24) is 4.72 Å². The molecule has 1 unspecified atom stereocenters. The molecular formula is C12H19NO7S. The maximum atomic E-state index is 12.3. The first-order valence-corrected chi connectivity index (χ1v) is 7.57. The number of hydrogen-bond donors (Lipinski definition) is 2. The molecule has 0 bridgehead atoms. The van der Waals surface area contributed by atoms with Crippen LogP contribution in [0.1, 0.15) is 21.9 Å². The minimum Gasteiger partial charge on any atom is -0.478 e. The fourth-order valence-electron chi connectivity index (χ4n) is 1.91. The van der Waals surface area contributed by atoms with E-state index >= 15 is 0 Å². The number of rotatable bonds is 8. The summed E-state index contributed by atoms with van der Waals surface area (Å²) in [4.78, 5) is 10.8. The molecule has 1 aromatic heterocycles. The number of sulfonamides is 1. The standard InChI is InChI=1S/C12H19NO7S/c1-7-10(12(14)15)11(8(2)20-7)21(16,17)13-5-9(19-4)6-18-3/h9,13H,5-6H2,1-4H3,(H,14,15). The van der Waals surface area contributed by atoms with Crippen molar-refractivity contribution in [2.24, 2.45) is 0 Å². The number of aryl methyl sites for hydroxylation is 2. The molecule has 0 aliphatic heterocycles. The molecule has 2 N–H and O–H groups in total. The van der Waals surface area contributed by atoms with Gasteiger partial charge in [0.05, 0.1) is 12.7 Å². The second-order valence-corrected chi connectivity index (χ2v) is 6.09. The normalized spacial score (nSPS) is 13.3. The van der Waals surface area contributed by atoms with Crippen molar-refractivity contribution in [1.29, 1.82) is 0 Å². The van der Waals surface area contributed by atoms with Gasteiger partial charge in [0, 0.05) is 20.8 Å². The van der Waals surface area contributed by atoms with Gasteiger partial charge in [0.1, 0.15) is 22.0 Å². The summed E-state index contributed by atoms with van der Waals surface area (Å²) in [6.07, 6.45) is -0.480. The average molecular weight is 321 g/mol. The number of aromatic carboxylic acids is 1. The van der Waals surface area contributed by atoms with E-state index in [0.717, 1.165) is 0 Å². The maximum absolute atomic E-state index is 12.3. The Bertz CT molecular complexity index is 605. The number of carbonyl (C=O) groups is 1. The largest absolute Gasteiger partial charge is 0.478 e. The van der Waals surface area contributed by atoms with Gasteiger partial charge in [0.15, 0.2) is 0 Å². The van der Waals surface area contributed by atoms with Gasteiger partial charge in [-0.3, -0.25) is 0 Å². The highest BCUT2D eigenvalue weighted by molar-refractivity contribution is 7.89. The van der Waals surface area contributed by atoms with E-state index in [0.29, 0.717) is 0 Å². The molecule has 0 fully saturated rings. The minimum atomic E-state index is -4.03. The highest BCUT2D eigenvalue weighted by Crippen LogP contribution is 2.26. The van der Waals surface area contributed by atoms with Crippen LogP contribution in [0.15, 0.2) is 9.31 Å². The molecule has 0 saturated carbocycles.